The van der Waals surface area contributed by atoms with Crippen LogP contribution in [0.5, 0.6) is 0 Å². The van der Waals surface area contributed by atoms with E-state index in [0.717, 1.165) is 17.5 Å². The summed E-state index contributed by atoms with van der Waals surface area (Å²) in [5, 5.41) is 14.8. The third kappa shape index (κ3) is 5.55. The number of nitrogens with one attached hydrogen (secondary N) is 1. The van der Waals surface area contributed by atoms with Gasteiger partial charge in [0.05, 0.1) is 24.7 Å². The van der Waals surface area contributed by atoms with Crippen molar-refractivity contribution >= 4 is 17.3 Å². The molecule has 1 amide bonds. The molecular weight excluding hydrogens is 386 g/mol. The maximum atomic E-state index is 12.6. The first-order chi connectivity index (χ1) is 14.6. The number of hydrogen-bond donors (Lipinski definition) is 1. The SMILES string of the molecule is CCCOCc1ccccc1CNc1ccc(C(=O)N2CCOCC2)cc1[N+](=O)[O-]. The fraction of sp³-hybridized carbons (Fsp3) is 0.409. The van der Waals surface area contributed by atoms with Gasteiger partial charge < -0.3 is 19.7 Å². The standard InChI is InChI=1S/C22H27N3O5/c1-2-11-30-16-19-6-4-3-5-18(19)15-23-20-8-7-17(14-21(20)25(27)28)22(26)24-9-12-29-13-10-24/h3-8,14,23H,2,9-13,15-16H2,1H3. The van der Waals surface area contributed by atoms with E-state index in [1.807, 2.05) is 24.3 Å². The summed E-state index contributed by atoms with van der Waals surface area (Å²) in [6, 6.07) is 12.4. The van der Waals surface area contributed by atoms with Crippen molar-refractivity contribution in [3.8, 4) is 0 Å². The van der Waals surface area contributed by atoms with E-state index >= 15 is 0 Å². The highest BCUT2D eigenvalue weighted by molar-refractivity contribution is 5.95. The van der Waals surface area contributed by atoms with Gasteiger partial charge in [-0.2, -0.15) is 0 Å². The lowest BCUT2D eigenvalue weighted by atomic mass is 10.1. The lowest BCUT2D eigenvalue weighted by Gasteiger charge is -2.26. The molecule has 1 fully saturated rings. The summed E-state index contributed by atoms with van der Waals surface area (Å²) in [5.41, 5.74) is 2.62. The van der Waals surface area contributed by atoms with E-state index in [4.69, 9.17) is 9.47 Å². The van der Waals surface area contributed by atoms with E-state index in [0.29, 0.717) is 57.3 Å². The molecule has 1 heterocycles. The molecule has 0 aliphatic carbocycles. The van der Waals surface area contributed by atoms with Crippen LogP contribution in [0, 0.1) is 10.1 Å². The number of amides is 1. The molecule has 0 aromatic heterocycles. The molecule has 0 saturated carbocycles. The highest BCUT2D eigenvalue weighted by Gasteiger charge is 2.22. The van der Waals surface area contributed by atoms with Crippen LogP contribution < -0.4 is 5.32 Å². The lowest BCUT2D eigenvalue weighted by molar-refractivity contribution is -0.384. The summed E-state index contributed by atoms with van der Waals surface area (Å²) >= 11 is 0. The Morgan fingerprint density at radius 3 is 2.63 bits per heavy atom. The van der Waals surface area contributed by atoms with Crippen molar-refractivity contribution in [3.05, 3.63) is 69.3 Å². The monoisotopic (exact) mass is 413 g/mol. The Balaban J connectivity index is 1.73. The summed E-state index contributed by atoms with van der Waals surface area (Å²) in [7, 11) is 0. The summed E-state index contributed by atoms with van der Waals surface area (Å²) in [6.07, 6.45) is 0.947. The Labute approximate surface area is 175 Å². The largest absolute Gasteiger partial charge is 0.378 e. The molecule has 1 N–H and O–H groups in total. The number of rotatable bonds is 9. The number of benzene rings is 2. The van der Waals surface area contributed by atoms with Gasteiger partial charge in [0.1, 0.15) is 5.69 Å². The quantitative estimate of drug-likeness (QED) is 0.383. The van der Waals surface area contributed by atoms with Crippen LogP contribution in [0.2, 0.25) is 0 Å². The smallest absolute Gasteiger partial charge is 0.293 e. The molecule has 1 aliphatic rings. The first-order valence-corrected chi connectivity index (χ1v) is 10.1. The van der Waals surface area contributed by atoms with Gasteiger partial charge in [-0.15, -0.1) is 0 Å². The van der Waals surface area contributed by atoms with Crippen LogP contribution in [0.1, 0.15) is 34.8 Å². The second kappa shape index (κ2) is 10.7. The van der Waals surface area contributed by atoms with Gasteiger partial charge in [-0.1, -0.05) is 31.2 Å². The summed E-state index contributed by atoms with van der Waals surface area (Å²) in [4.78, 5) is 25.5. The third-order valence-corrected chi connectivity index (χ3v) is 4.93. The molecule has 8 heteroatoms. The van der Waals surface area contributed by atoms with E-state index in [-0.39, 0.29) is 11.6 Å². The van der Waals surface area contributed by atoms with Crippen LogP contribution in [0.3, 0.4) is 0 Å². The Morgan fingerprint density at radius 1 is 1.20 bits per heavy atom. The summed E-state index contributed by atoms with van der Waals surface area (Å²) in [6.45, 7) is 5.60. The van der Waals surface area contributed by atoms with Crippen LogP contribution in [0.15, 0.2) is 42.5 Å². The molecule has 0 bridgehead atoms. The zero-order valence-corrected chi connectivity index (χ0v) is 17.1. The highest BCUT2D eigenvalue weighted by Crippen LogP contribution is 2.27. The van der Waals surface area contributed by atoms with Gasteiger partial charge in [0, 0.05) is 37.9 Å². The first kappa shape index (κ1) is 21.7. The summed E-state index contributed by atoms with van der Waals surface area (Å²) in [5.74, 6) is -0.216. The van der Waals surface area contributed by atoms with Gasteiger partial charge in [-0.25, -0.2) is 0 Å². The number of anilines is 1. The Hall–Kier alpha value is -2.97. The molecule has 2 aromatic carbocycles. The lowest BCUT2D eigenvalue weighted by Crippen LogP contribution is -2.40. The molecule has 160 valence electrons. The predicted molar refractivity (Wildman–Crippen MR) is 114 cm³/mol. The van der Waals surface area contributed by atoms with Gasteiger partial charge in [-0.3, -0.25) is 14.9 Å². The minimum atomic E-state index is -0.464. The van der Waals surface area contributed by atoms with Gasteiger partial charge in [0.2, 0.25) is 0 Å². The topological polar surface area (TPSA) is 93.9 Å². The summed E-state index contributed by atoms with van der Waals surface area (Å²) < 4.78 is 10.9. The maximum absolute atomic E-state index is 12.6. The van der Waals surface area contributed by atoms with Crippen LogP contribution in [0.4, 0.5) is 11.4 Å². The number of ether oxygens (including phenoxy) is 2. The van der Waals surface area contributed by atoms with Crippen LogP contribution >= 0.6 is 0 Å². The van der Waals surface area contributed by atoms with Crippen LogP contribution in [0.25, 0.3) is 0 Å². The fourth-order valence-electron chi connectivity index (χ4n) is 3.30. The molecule has 3 rings (SSSR count). The van der Waals surface area contributed by atoms with E-state index in [9.17, 15) is 14.9 Å². The van der Waals surface area contributed by atoms with Crippen LogP contribution in [-0.4, -0.2) is 48.6 Å². The Kier molecular flexibility index (Phi) is 7.75. The van der Waals surface area contributed by atoms with E-state index < -0.39 is 4.92 Å². The van der Waals surface area contributed by atoms with Gasteiger partial charge >= 0.3 is 0 Å². The third-order valence-electron chi connectivity index (χ3n) is 4.93. The van der Waals surface area contributed by atoms with Crippen molar-refractivity contribution in [3.63, 3.8) is 0 Å². The number of nitro groups is 1. The average Bonchev–Trinajstić information content (AvgIpc) is 2.78. The van der Waals surface area contributed by atoms with Crippen molar-refractivity contribution in [2.24, 2.45) is 0 Å². The second-order valence-electron chi connectivity index (χ2n) is 7.07. The van der Waals surface area contributed by atoms with Crippen molar-refractivity contribution in [2.45, 2.75) is 26.5 Å². The fourth-order valence-corrected chi connectivity index (χ4v) is 3.30. The van der Waals surface area contributed by atoms with Crippen molar-refractivity contribution in [1.29, 1.82) is 0 Å². The number of nitrogens with zero attached hydrogens (tertiary/aromatic N) is 2. The minimum Gasteiger partial charge on any atom is -0.378 e. The van der Waals surface area contributed by atoms with Gasteiger partial charge in [0.15, 0.2) is 0 Å². The van der Waals surface area contributed by atoms with Crippen molar-refractivity contribution in [1.82, 2.24) is 4.90 Å². The zero-order valence-electron chi connectivity index (χ0n) is 17.1. The molecule has 30 heavy (non-hydrogen) atoms. The molecule has 0 atom stereocenters. The molecule has 0 radical (unpaired) electrons. The van der Waals surface area contributed by atoms with Crippen LogP contribution in [-0.2, 0) is 22.6 Å². The Bertz CT molecular complexity index is 881. The van der Waals surface area contributed by atoms with E-state index in [2.05, 4.69) is 12.2 Å². The molecule has 1 aliphatic heterocycles. The number of carbonyl (C=O) groups is 1. The molecular formula is C22H27N3O5. The number of carbonyl (C=O) groups excluding carboxylic acids is 1. The highest BCUT2D eigenvalue weighted by atomic mass is 16.6. The molecule has 0 unspecified atom stereocenters. The molecule has 0 spiro atoms. The van der Waals surface area contributed by atoms with Crippen molar-refractivity contribution in [2.75, 3.05) is 38.2 Å². The van der Waals surface area contributed by atoms with Crippen molar-refractivity contribution < 1.29 is 19.2 Å². The Morgan fingerprint density at radius 2 is 1.93 bits per heavy atom. The average molecular weight is 413 g/mol. The zero-order chi connectivity index (χ0) is 21.3. The minimum absolute atomic E-state index is 0.117. The normalized spacial score (nSPS) is 13.8. The molecule has 2 aromatic rings. The number of nitro benzene ring substituents is 1. The van der Waals surface area contributed by atoms with Gasteiger partial charge in [-0.05, 0) is 29.7 Å². The van der Waals surface area contributed by atoms with E-state index in [1.165, 1.54) is 6.07 Å². The van der Waals surface area contributed by atoms with E-state index in [1.54, 1.807) is 17.0 Å². The number of morpholine rings is 1. The molecule has 1 saturated heterocycles. The second-order valence-corrected chi connectivity index (χ2v) is 7.07. The first-order valence-electron chi connectivity index (χ1n) is 10.1. The van der Waals surface area contributed by atoms with Gasteiger partial charge in [0.25, 0.3) is 11.6 Å². The molecule has 8 nitrogen and oxygen atoms in total. The number of hydrogen-bond acceptors (Lipinski definition) is 6. The maximum Gasteiger partial charge on any atom is 0.293 e. The predicted octanol–water partition coefficient (Wildman–Crippen LogP) is 3.61.